The molecule has 1 atom stereocenters. The van der Waals surface area contributed by atoms with Crippen molar-refractivity contribution in [2.75, 3.05) is 5.75 Å². The minimum absolute atomic E-state index is 0.194. The number of thioether (sulfide) groups is 1. The van der Waals surface area contributed by atoms with Gasteiger partial charge in [0.2, 0.25) is 0 Å². The molecule has 14 heavy (non-hydrogen) atoms. The zero-order chi connectivity index (χ0) is 10.4. The number of furan rings is 1. The van der Waals surface area contributed by atoms with E-state index in [4.69, 9.17) is 4.42 Å². The molecule has 0 aliphatic heterocycles. The Labute approximate surface area is 89.1 Å². The van der Waals surface area contributed by atoms with Gasteiger partial charge in [0.15, 0.2) is 0 Å². The molecular formula is C11H16O2S. The third kappa shape index (κ3) is 3.58. The van der Waals surface area contributed by atoms with E-state index in [-0.39, 0.29) is 5.92 Å². The maximum atomic E-state index is 11.5. The van der Waals surface area contributed by atoms with Crippen molar-refractivity contribution < 1.29 is 9.21 Å². The average Bonchev–Trinajstić information content (AvgIpc) is 2.69. The number of ketones is 1. The fourth-order valence-corrected chi connectivity index (χ4v) is 1.97. The molecule has 3 heteroatoms. The second-order valence-corrected chi connectivity index (χ2v) is 4.33. The molecule has 2 nitrogen and oxygen atoms in total. The Bertz CT molecular complexity index is 267. The van der Waals surface area contributed by atoms with E-state index in [2.05, 4.69) is 0 Å². The molecule has 0 N–H and O–H groups in total. The van der Waals surface area contributed by atoms with Crippen LogP contribution in [0.4, 0.5) is 0 Å². The molecule has 0 aliphatic carbocycles. The van der Waals surface area contributed by atoms with Crippen molar-refractivity contribution in [3.63, 3.8) is 0 Å². The molecule has 1 unspecified atom stereocenters. The molecule has 78 valence electrons. The molecule has 0 bridgehead atoms. The van der Waals surface area contributed by atoms with Crippen molar-refractivity contribution in [2.24, 2.45) is 5.92 Å². The van der Waals surface area contributed by atoms with Crippen LogP contribution < -0.4 is 0 Å². The summed E-state index contributed by atoms with van der Waals surface area (Å²) >= 11 is 1.62. The molecule has 0 radical (unpaired) electrons. The summed E-state index contributed by atoms with van der Waals surface area (Å²) < 4.78 is 5.17. The van der Waals surface area contributed by atoms with Crippen LogP contribution in [-0.4, -0.2) is 11.5 Å². The maximum absolute atomic E-state index is 11.5. The van der Waals surface area contributed by atoms with Gasteiger partial charge in [0.25, 0.3) is 0 Å². The lowest BCUT2D eigenvalue weighted by molar-refractivity contribution is -0.119. The zero-order valence-electron chi connectivity index (χ0n) is 8.66. The monoisotopic (exact) mass is 212 g/mol. The normalized spacial score (nSPS) is 12.7. The van der Waals surface area contributed by atoms with Gasteiger partial charge < -0.3 is 4.42 Å². The van der Waals surface area contributed by atoms with Gasteiger partial charge in [-0.3, -0.25) is 4.79 Å². The van der Waals surface area contributed by atoms with Gasteiger partial charge >= 0.3 is 0 Å². The Morgan fingerprint density at radius 1 is 1.64 bits per heavy atom. The van der Waals surface area contributed by atoms with Crippen LogP contribution in [0.3, 0.4) is 0 Å². The van der Waals surface area contributed by atoms with E-state index in [0.29, 0.717) is 11.5 Å². The van der Waals surface area contributed by atoms with Crippen LogP contribution >= 0.6 is 11.8 Å². The standard InChI is InChI=1S/C11H16O2S/c1-3-9(2)11(12)8-14-7-10-5-4-6-13-10/h4-6,9H,3,7-8H2,1-2H3. The van der Waals surface area contributed by atoms with Gasteiger partial charge in [0.1, 0.15) is 11.5 Å². The Morgan fingerprint density at radius 2 is 2.43 bits per heavy atom. The molecule has 0 aromatic carbocycles. The lowest BCUT2D eigenvalue weighted by Crippen LogP contribution is -2.12. The smallest absolute Gasteiger partial charge is 0.145 e. The number of Topliss-reactive ketones (excluding diaryl/α,β-unsaturated/α-hetero) is 1. The Morgan fingerprint density at radius 3 is 3.00 bits per heavy atom. The lowest BCUT2D eigenvalue weighted by atomic mass is 10.1. The second-order valence-electron chi connectivity index (χ2n) is 3.35. The van der Waals surface area contributed by atoms with Gasteiger partial charge in [-0.2, -0.15) is 0 Å². The summed E-state index contributed by atoms with van der Waals surface area (Å²) in [4.78, 5) is 11.5. The Balaban J connectivity index is 2.18. The summed E-state index contributed by atoms with van der Waals surface area (Å²) in [5, 5.41) is 0. The number of carbonyl (C=O) groups excluding carboxylic acids is 1. The quantitative estimate of drug-likeness (QED) is 0.725. The molecule has 0 saturated heterocycles. The van der Waals surface area contributed by atoms with Crippen LogP contribution in [0.25, 0.3) is 0 Å². The van der Waals surface area contributed by atoms with E-state index in [1.165, 1.54) is 0 Å². The van der Waals surface area contributed by atoms with Crippen molar-refractivity contribution >= 4 is 17.5 Å². The summed E-state index contributed by atoms with van der Waals surface area (Å²) in [5.74, 6) is 2.85. The van der Waals surface area contributed by atoms with Crippen LogP contribution in [0.1, 0.15) is 26.0 Å². The van der Waals surface area contributed by atoms with E-state index in [1.54, 1.807) is 18.0 Å². The van der Waals surface area contributed by atoms with Crippen LogP contribution in [0.5, 0.6) is 0 Å². The SMILES string of the molecule is CCC(C)C(=O)CSCc1ccco1. The number of hydrogen-bond donors (Lipinski definition) is 0. The molecule has 0 amide bonds. The molecule has 0 saturated carbocycles. The first kappa shape index (κ1) is 11.4. The summed E-state index contributed by atoms with van der Waals surface area (Å²) in [7, 11) is 0. The highest BCUT2D eigenvalue weighted by Crippen LogP contribution is 2.14. The number of hydrogen-bond acceptors (Lipinski definition) is 3. The summed E-state index contributed by atoms with van der Waals surface area (Å²) in [6, 6.07) is 3.80. The third-order valence-electron chi connectivity index (χ3n) is 2.23. The molecule has 0 fully saturated rings. The zero-order valence-corrected chi connectivity index (χ0v) is 9.47. The van der Waals surface area contributed by atoms with Gasteiger partial charge in [-0.25, -0.2) is 0 Å². The first-order valence-electron chi connectivity index (χ1n) is 4.87. The number of carbonyl (C=O) groups is 1. The highest BCUT2D eigenvalue weighted by molar-refractivity contribution is 7.99. The molecule has 0 spiro atoms. The molecule has 0 aliphatic rings. The fraction of sp³-hybridized carbons (Fsp3) is 0.545. The first-order valence-corrected chi connectivity index (χ1v) is 6.02. The topological polar surface area (TPSA) is 30.2 Å². The van der Waals surface area contributed by atoms with Gasteiger partial charge in [0.05, 0.1) is 17.8 Å². The van der Waals surface area contributed by atoms with E-state index in [0.717, 1.165) is 17.9 Å². The van der Waals surface area contributed by atoms with Crippen molar-refractivity contribution in [3.05, 3.63) is 24.2 Å². The molecule has 1 aromatic heterocycles. The summed E-state index contributed by atoms with van der Waals surface area (Å²) in [5.41, 5.74) is 0. The van der Waals surface area contributed by atoms with Gasteiger partial charge in [0, 0.05) is 5.92 Å². The van der Waals surface area contributed by atoms with E-state index in [1.807, 2.05) is 26.0 Å². The molecule has 1 rings (SSSR count). The minimum Gasteiger partial charge on any atom is -0.468 e. The second kappa shape index (κ2) is 5.91. The highest BCUT2D eigenvalue weighted by atomic mass is 32.2. The van der Waals surface area contributed by atoms with Crippen molar-refractivity contribution in [2.45, 2.75) is 26.0 Å². The van der Waals surface area contributed by atoms with E-state index in [9.17, 15) is 4.79 Å². The third-order valence-corrected chi connectivity index (χ3v) is 3.21. The number of rotatable bonds is 6. The first-order chi connectivity index (χ1) is 6.74. The minimum atomic E-state index is 0.194. The predicted octanol–water partition coefficient (Wildman–Crippen LogP) is 3.13. The van der Waals surface area contributed by atoms with Gasteiger partial charge in [-0.05, 0) is 18.6 Å². The highest BCUT2D eigenvalue weighted by Gasteiger charge is 2.10. The lowest BCUT2D eigenvalue weighted by Gasteiger charge is -2.05. The van der Waals surface area contributed by atoms with Crippen LogP contribution in [0, 0.1) is 5.92 Å². The molecule has 1 heterocycles. The van der Waals surface area contributed by atoms with Crippen molar-refractivity contribution in [1.82, 2.24) is 0 Å². The largest absolute Gasteiger partial charge is 0.468 e. The summed E-state index contributed by atoms with van der Waals surface area (Å²) in [6.45, 7) is 4.02. The van der Waals surface area contributed by atoms with Crippen LogP contribution in [-0.2, 0) is 10.5 Å². The molecular weight excluding hydrogens is 196 g/mol. The van der Waals surface area contributed by atoms with Gasteiger partial charge in [-0.15, -0.1) is 11.8 Å². The fourth-order valence-electron chi connectivity index (χ4n) is 1.02. The maximum Gasteiger partial charge on any atom is 0.145 e. The predicted molar refractivity (Wildman–Crippen MR) is 59.3 cm³/mol. The van der Waals surface area contributed by atoms with E-state index < -0.39 is 0 Å². The van der Waals surface area contributed by atoms with Crippen molar-refractivity contribution in [3.8, 4) is 0 Å². The van der Waals surface area contributed by atoms with E-state index >= 15 is 0 Å². The Kier molecular flexibility index (Phi) is 4.80. The van der Waals surface area contributed by atoms with Crippen molar-refractivity contribution in [1.29, 1.82) is 0 Å². The summed E-state index contributed by atoms with van der Waals surface area (Å²) in [6.07, 6.45) is 2.59. The van der Waals surface area contributed by atoms with Gasteiger partial charge in [-0.1, -0.05) is 13.8 Å². The Hall–Kier alpha value is -0.700. The average molecular weight is 212 g/mol. The van der Waals surface area contributed by atoms with Crippen LogP contribution in [0.15, 0.2) is 22.8 Å². The van der Waals surface area contributed by atoms with Crippen LogP contribution in [0.2, 0.25) is 0 Å². The molecule has 1 aromatic rings.